The number of unbranched alkanes of at least 4 members (excludes halogenated alkanes) is 2. The van der Waals surface area contributed by atoms with Gasteiger partial charge >= 0.3 is 0 Å². The number of hydrogen-bond donors (Lipinski definition) is 1. The number of hydrogen-bond acceptors (Lipinski definition) is 2. The summed E-state index contributed by atoms with van der Waals surface area (Å²) in [5.41, 5.74) is 0. The third-order valence-corrected chi connectivity index (χ3v) is 2.38. The van der Waals surface area contributed by atoms with Gasteiger partial charge in [0.25, 0.3) is 0 Å². The Morgan fingerprint density at radius 3 is 2.46 bits per heavy atom. The summed E-state index contributed by atoms with van der Waals surface area (Å²) in [6.45, 7) is 6.03. The molecule has 1 unspecified atom stereocenters. The lowest BCUT2D eigenvalue weighted by Crippen LogP contribution is -2.26. The van der Waals surface area contributed by atoms with Gasteiger partial charge in [-0.3, -0.25) is 0 Å². The number of ether oxygens (including phenoxy) is 1. The lowest BCUT2D eigenvalue weighted by Gasteiger charge is -2.15. The van der Waals surface area contributed by atoms with Gasteiger partial charge in [-0.05, 0) is 26.8 Å². The van der Waals surface area contributed by atoms with Gasteiger partial charge in [0, 0.05) is 19.3 Å². The van der Waals surface area contributed by atoms with Crippen LogP contribution in [0.25, 0.3) is 0 Å². The molecule has 0 aromatic rings. The summed E-state index contributed by atoms with van der Waals surface area (Å²) in [5.74, 6) is 0. The average Bonchev–Trinajstić information content (AvgIpc) is 2.16. The first-order chi connectivity index (χ1) is 6.35. The van der Waals surface area contributed by atoms with Crippen LogP contribution in [-0.4, -0.2) is 26.3 Å². The quantitative estimate of drug-likeness (QED) is 0.560. The van der Waals surface area contributed by atoms with Crippen molar-refractivity contribution in [2.45, 2.75) is 52.0 Å². The summed E-state index contributed by atoms with van der Waals surface area (Å²) >= 11 is 0. The summed E-state index contributed by atoms with van der Waals surface area (Å²) in [5, 5.41) is 3.34. The summed E-state index contributed by atoms with van der Waals surface area (Å²) in [6, 6.07) is 0.651. The molecule has 0 rings (SSSR count). The van der Waals surface area contributed by atoms with Gasteiger partial charge in [-0.15, -0.1) is 0 Å². The lowest BCUT2D eigenvalue weighted by molar-refractivity contribution is 0.136. The Morgan fingerprint density at radius 2 is 1.92 bits per heavy atom. The van der Waals surface area contributed by atoms with Crippen LogP contribution < -0.4 is 5.32 Å². The molecule has 1 atom stereocenters. The Bertz CT molecular complexity index is 86.1. The molecule has 0 saturated heterocycles. The Kier molecular flexibility index (Phi) is 9.94. The van der Waals surface area contributed by atoms with E-state index in [1.807, 2.05) is 14.0 Å². The normalized spacial score (nSPS) is 13.2. The Hall–Kier alpha value is -0.0800. The minimum absolute atomic E-state index is 0.651. The molecule has 2 heteroatoms. The molecule has 0 fully saturated rings. The maximum absolute atomic E-state index is 5.33. The van der Waals surface area contributed by atoms with Gasteiger partial charge in [0.05, 0.1) is 0 Å². The molecule has 1 N–H and O–H groups in total. The molecule has 0 amide bonds. The van der Waals surface area contributed by atoms with E-state index in [0.717, 1.165) is 19.6 Å². The molecule has 0 aromatic heterocycles. The second-order valence-electron chi connectivity index (χ2n) is 3.47. The molecule has 0 aliphatic carbocycles. The van der Waals surface area contributed by atoms with Crippen molar-refractivity contribution in [1.29, 1.82) is 0 Å². The van der Waals surface area contributed by atoms with Crippen molar-refractivity contribution >= 4 is 0 Å². The first-order valence-corrected chi connectivity index (χ1v) is 5.60. The van der Waals surface area contributed by atoms with Crippen LogP contribution >= 0.6 is 0 Å². The number of rotatable bonds is 9. The minimum Gasteiger partial charge on any atom is -0.382 e. The summed E-state index contributed by atoms with van der Waals surface area (Å²) in [6.07, 6.45) is 6.44. The molecule has 0 heterocycles. The SMILES string of the molecule is CCCCCC(CCOCC)NC. The molecule has 0 bridgehead atoms. The summed E-state index contributed by atoms with van der Waals surface area (Å²) in [4.78, 5) is 0. The van der Waals surface area contributed by atoms with E-state index in [-0.39, 0.29) is 0 Å². The van der Waals surface area contributed by atoms with Crippen molar-refractivity contribution < 1.29 is 4.74 Å². The van der Waals surface area contributed by atoms with Crippen LogP contribution in [0.3, 0.4) is 0 Å². The molecular formula is C11H25NO. The van der Waals surface area contributed by atoms with E-state index in [1.165, 1.54) is 25.7 Å². The van der Waals surface area contributed by atoms with Crippen LogP contribution in [0.1, 0.15) is 46.0 Å². The lowest BCUT2D eigenvalue weighted by atomic mass is 10.1. The third-order valence-electron chi connectivity index (χ3n) is 2.38. The molecule has 2 nitrogen and oxygen atoms in total. The van der Waals surface area contributed by atoms with Gasteiger partial charge in [0.1, 0.15) is 0 Å². The van der Waals surface area contributed by atoms with E-state index >= 15 is 0 Å². The van der Waals surface area contributed by atoms with Crippen LogP contribution in [0.15, 0.2) is 0 Å². The fourth-order valence-electron chi connectivity index (χ4n) is 1.44. The highest BCUT2D eigenvalue weighted by Gasteiger charge is 2.04. The fourth-order valence-corrected chi connectivity index (χ4v) is 1.44. The highest BCUT2D eigenvalue weighted by Crippen LogP contribution is 2.06. The Labute approximate surface area is 83.1 Å². The Balaban J connectivity index is 3.28. The van der Waals surface area contributed by atoms with Crippen LogP contribution in [0.4, 0.5) is 0 Å². The van der Waals surface area contributed by atoms with Crippen molar-refractivity contribution in [2.24, 2.45) is 0 Å². The second kappa shape index (κ2) is 10.0. The fraction of sp³-hybridized carbons (Fsp3) is 1.00. The highest BCUT2D eigenvalue weighted by atomic mass is 16.5. The molecule has 0 spiro atoms. The van der Waals surface area contributed by atoms with Crippen molar-refractivity contribution in [2.75, 3.05) is 20.3 Å². The van der Waals surface area contributed by atoms with E-state index in [4.69, 9.17) is 4.74 Å². The zero-order valence-electron chi connectivity index (χ0n) is 9.44. The first-order valence-electron chi connectivity index (χ1n) is 5.60. The van der Waals surface area contributed by atoms with E-state index in [1.54, 1.807) is 0 Å². The second-order valence-corrected chi connectivity index (χ2v) is 3.47. The van der Waals surface area contributed by atoms with E-state index < -0.39 is 0 Å². The zero-order valence-corrected chi connectivity index (χ0v) is 9.44. The predicted octanol–water partition coefficient (Wildman–Crippen LogP) is 2.58. The van der Waals surface area contributed by atoms with Gasteiger partial charge in [-0.1, -0.05) is 26.2 Å². The standard InChI is InChI=1S/C11H25NO/c1-4-6-7-8-11(12-3)9-10-13-5-2/h11-12H,4-10H2,1-3H3. The van der Waals surface area contributed by atoms with Crippen molar-refractivity contribution in [3.05, 3.63) is 0 Å². The summed E-state index contributed by atoms with van der Waals surface area (Å²) < 4.78 is 5.33. The van der Waals surface area contributed by atoms with Crippen LogP contribution in [0, 0.1) is 0 Å². The van der Waals surface area contributed by atoms with Gasteiger partial charge < -0.3 is 10.1 Å². The first kappa shape index (κ1) is 12.9. The molecule has 0 saturated carbocycles. The maximum atomic E-state index is 5.33. The van der Waals surface area contributed by atoms with Crippen LogP contribution in [0.5, 0.6) is 0 Å². The average molecular weight is 187 g/mol. The monoisotopic (exact) mass is 187 g/mol. The molecular weight excluding hydrogens is 162 g/mol. The van der Waals surface area contributed by atoms with Gasteiger partial charge in [0.15, 0.2) is 0 Å². The Morgan fingerprint density at radius 1 is 1.15 bits per heavy atom. The molecule has 13 heavy (non-hydrogen) atoms. The van der Waals surface area contributed by atoms with Gasteiger partial charge in [0.2, 0.25) is 0 Å². The van der Waals surface area contributed by atoms with Gasteiger partial charge in [-0.25, -0.2) is 0 Å². The van der Waals surface area contributed by atoms with E-state index in [0.29, 0.717) is 6.04 Å². The van der Waals surface area contributed by atoms with Crippen molar-refractivity contribution in [3.8, 4) is 0 Å². The molecule has 0 aliphatic rings. The zero-order chi connectivity index (χ0) is 9.94. The number of nitrogens with one attached hydrogen (secondary N) is 1. The largest absolute Gasteiger partial charge is 0.382 e. The minimum atomic E-state index is 0.651. The highest BCUT2D eigenvalue weighted by molar-refractivity contribution is 4.63. The molecule has 0 radical (unpaired) electrons. The third kappa shape index (κ3) is 8.26. The van der Waals surface area contributed by atoms with Crippen LogP contribution in [-0.2, 0) is 4.74 Å². The predicted molar refractivity (Wildman–Crippen MR) is 58.1 cm³/mol. The molecule has 80 valence electrons. The van der Waals surface area contributed by atoms with Crippen molar-refractivity contribution in [3.63, 3.8) is 0 Å². The van der Waals surface area contributed by atoms with E-state index in [2.05, 4.69) is 12.2 Å². The van der Waals surface area contributed by atoms with Crippen molar-refractivity contribution in [1.82, 2.24) is 5.32 Å². The van der Waals surface area contributed by atoms with Gasteiger partial charge in [-0.2, -0.15) is 0 Å². The molecule has 0 aromatic carbocycles. The smallest absolute Gasteiger partial charge is 0.0480 e. The molecule has 0 aliphatic heterocycles. The topological polar surface area (TPSA) is 21.3 Å². The summed E-state index contributed by atoms with van der Waals surface area (Å²) in [7, 11) is 2.04. The van der Waals surface area contributed by atoms with Crippen LogP contribution in [0.2, 0.25) is 0 Å². The van der Waals surface area contributed by atoms with E-state index in [9.17, 15) is 0 Å². The maximum Gasteiger partial charge on any atom is 0.0480 e.